The lowest BCUT2D eigenvalue weighted by atomic mass is 9.82. The molecule has 8 nitrogen and oxygen atoms in total. The Bertz CT molecular complexity index is 1010. The Morgan fingerprint density at radius 3 is 2.59 bits per heavy atom. The number of hydrogen-bond donors (Lipinski definition) is 4. The number of carbonyl (C=O) groups is 2. The van der Waals surface area contributed by atoms with Crippen molar-refractivity contribution in [3.63, 3.8) is 0 Å². The molecule has 1 fully saturated rings. The molecule has 0 saturated heterocycles. The van der Waals surface area contributed by atoms with E-state index in [9.17, 15) is 14.7 Å². The van der Waals surface area contributed by atoms with Gasteiger partial charge in [0.1, 0.15) is 11.6 Å². The van der Waals surface area contributed by atoms with Crippen LogP contribution in [0.5, 0.6) is 5.75 Å². The Balaban J connectivity index is 1.60. The lowest BCUT2D eigenvalue weighted by Gasteiger charge is -2.26. The van der Waals surface area contributed by atoms with Gasteiger partial charge in [0, 0.05) is 24.9 Å². The highest BCUT2D eigenvalue weighted by Gasteiger charge is 2.26. The number of pyridine rings is 1. The van der Waals surface area contributed by atoms with Crippen LogP contribution in [-0.2, 0) is 11.2 Å². The van der Waals surface area contributed by atoms with Gasteiger partial charge >= 0.3 is 5.97 Å². The molecular weight excluding hydrogens is 458 g/mol. The first kappa shape index (κ1) is 25.8. The quantitative estimate of drug-likeness (QED) is 0.397. The van der Waals surface area contributed by atoms with Gasteiger partial charge in [-0.25, -0.2) is 4.98 Å². The molecule has 0 radical (unpaired) electrons. The normalized spacial score (nSPS) is 18.7. The highest BCUT2D eigenvalue weighted by molar-refractivity contribution is 6.33. The van der Waals surface area contributed by atoms with Gasteiger partial charge in [0.2, 0.25) is 0 Å². The van der Waals surface area contributed by atoms with Crippen molar-refractivity contribution in [3.8, 4) is 5.75 Å². The number of aliphatic carboxylic acids is 1. The van der Waals surface area contributed by atoms with Crippen LogP contribution in [0.15, 0.2) is 30.5 Å². The standard InChI is InChI=1S/C25H32ClN3O5/c1-15(20-11-16(9-10-30)5-8-22(20)34-2)29-23-21(26)12-19(14-27-23)24(31)28-13-17-3-6-18(7-4-17)25(32)33/h5,8,11-12,14-15,17-18,30H,3-4,6-7,9-10,13H2,1-2H3,(H,27,29)(H,28,31)(H,32,33). The molecule has 1 heterocycles. The summed E-state index contributed by atoms with van der Waals surface area (Å²) in [6.07, 6.45) is 4.91. The molecular formula is C25H32ClN3O5. The van der Waals surface area contributed by atoms with Crippen LogP contribution in [0.2, 0.25) is 5.02 Å². The number of benzene rings is 1. The highest BCUT2D eigenvalue weighted by Crippen LogP contribution is 2.31. The molecule has 3 rings (SSSR count). The zero-order valence-electron chi connectivity index (χ0n) is 19.5. The molecule has 1 aliphatic carbocycles. The summed E-state index contributed by atoms with van der Waals surface area (Å²) >= 11 is 6.43. The van der Waals surface area contributed by atoms with E-state index in [1.807, 2.05) is 25.1 Å². The van der Waals surface area contributed by atoms with Crippen molar-refractivity contribution in [2.45, 2.75) is 45.1 Å². The Morgan fingerprint density at radius 2 is 1.97 bits per heavy atom. The average Bonchev–Trinajstić information content (AvgIpc) is 2.84. The number of anilines is 1. The molecule has 9 heteroatoms. The number of halogens is 1. The number of nitrogens with one attached hydrogen (secondary N) is 2. The molecule has 0 aliphatic heterocycles. The molecule has 1 aromatic carbocycles. The third-order valence-corrected chi connectivity index (χ3v) is 6.65. The zero-order chi connectivity index (χ0) is 24.7. The third kappa shape index (κ3) is 6.61. The van der Waals surface area contributed by atoms with Crippen molar-refractivity contribution in [2.24, 2.45) is 11.8 Å². The van der Waals surface area contributed by atoms with Crippen molar-refractivity contribution >= 4 is 29.3 Å². The van der Waals surface area contributed by atoms with Gasteiger partial charge in [-0.2, -0.15) is 0 Å². The lowest BCUT2D eigenvalue weighted by Crippen LogP contribution is -2.32. The van der Waals surface area contributed by atoms with Crippen LogP contribution >= 0.6 is 11.6 Å². The minimum atomic E-state index is -0.734. The fourth-order valence-electron chi connectivity index (χ4n) is 4.31. The van der Waals surface area contributed by atoms with Gasteiger partial charge in [-0.15, -0.1) is 0 Å². The molecule has 1 amide bonds. The van der Waals surface area contributed by atoms with E-state index in [-0.39, 0.29) is 30.4 Å². The maximum absolute atomic E-state index is 12.6. The van der Waals surface area contributed by atoms with Crippen LogP contribution < -0.4 is 15.4 Å². The molecule has 4 N–H and O–H groups in total. The van der Waals surface area contributed by atoms with E-state index >= 15 is 0 Å². The van der Waals surface area contributed by atoms with E-state index < -0.39 is 5.97 Å². The summed E-state index contributed by atoms with van der Waals surface area (Å²) < 4.78 is 5.47. The van der Waals surface area contributed by atoms with Gasteiger partial charge < -0.3 is 25.6 Å². The number of carboxylic acids is 1. The number of hydrogen-bond acceptors (Lipinski definition) is 6. The molecule has 1 aromatic heterocycles. The number of nitrogens with zero attached hydrogens (tertiary/aromatic N) is 1. The molecule has 34 heavy (non-hydrogen) atoms. The number of carbonyl (C=O) groups excluding carboxylic acids is 1. The summed E-state index contributed by atoms with van der Waals surface area (Å²) in [4.78, 5) is 28.0. The SMILES string of the molecule is COc1ccc(CCO)cc1C(C)Nc1ncc(C(=O)NCC2CCC(C(=O)O)CC2)cc1Cl. The summed E-state index contributed by atoms with van der Waals surface area (Å²) in [5.41, 5.74) is 2.27. The van der Waals surface area contributed by atoms with Gasteiger partial charge in [0.05, 0.1) is 29.7 Å². The minimum Gasteiger partial charge on any atom is -0.496 e. The van der Waals surface area contributed by atoms with Crippen LogP contribution in [0, 0.1) is 11.8 Å². The summed E-state index contributed by atoms with van der Waals surface area (Å²) in [5, 5.41) is 24.9. The van der Waals surface area contributed by atoms with Crippen LogP contribution in [-0.4, -0.2) is 47.3 Å². The van der Waals surface area contributed by atoms with E-state index in [4.69, 9.17) is 21.4 Å². The summed E-state index contributed by atoms with van der Waals surface area (Å²) in [6.45, 7) is 2.52. The second-order valence-corrected chi connectivity index (χ2v) is 9.14. The molecule has 2 aromatic rings. The van der Waals surface area contributed by atoms with Crippen LogP contribution in [0.3, 0.4) is 0 Å². The maximum atomic E-state index is 12.6. The number of aliphatic hydroxyl groups is 1. The predicted molar refractivity (Wildman–Crippen MR) is 130 cm³/mol. The third-order valence-electron chi connectivity index (χ3n) is 6.36. The lowest BCUT2D eigenvalue weighted by molar-refractivity contribution is -0.143. The van der Waals surface area contributed by atoms with Crippen molar-refractivity contribution in [1.29, 1.82) is 0 Å². The maximum Gasteiger partial charge on any atom is 0.306 e. The van der Waals surface area contributed by atoms with E-state index in [2.05, 4.69) is 15.6 Å². The Labute approximate surface area is 204 Å². The average molecular weight is 490 g/mol. The summed E-state index contributed by atoms with van der Waals surface area (Å²) in [6, 6.07) is 7.17. The zero-order valence-corrected chi connectivity index (χ0v) is 20.3. The van der Waals surface area contributed by atoms with E-state index in [1.54, 1.807) is 13.2 Å². The number of ether oxygens (including phenoxy) is 1. The molecule has 0 bridgehead atoms. The number of methoxy groups -OCH3 is 1. The van der Waals surface area contributed by atoms with Gasteiger partial charge in [-0.1, -0.05) is 17.7 Å². The predicted octanol–water partition coefficient (Wildman–Crippen LogP) is 4.07. The topological polar surface area (TPSA) is 121 Å². The second kappa shape index (κ2) is 12.0. The Kier molecular flexibility index (Phi) is 9.12. The molecule has 184 valence electrons. The van der Waals surface area contributed by atoms with Crippen molar-refractivity contribution in [2.75, 3.05) is 25.6 Å². The molecule has 1 saturated carbocycles. The van der Waals surface area contributed by atoms with Crippen molar-refractivity contribution < 1.29 is 24.5 Å². The molecule has 1 atom stereocenters. The monoisotopic (exact) mass is 489 g/mol. The Hall–Kier alpha value is -2.84. The van der Waals surface area contributed by atoms with Crippen molar-refractivity contribution in [3.05, 3.63) is 52.2 Å². The fourth-order valence-corrected chi connectivity index (χ4v) is 4.53. The fraction of sp³-hybridized carbons (Fsp3) is 0.480. The van der Waals surface area contributed by atoms with E-state index in [0.29, 0.717) is 48.0 Å². The summed E-state index contributed by atoms with van der Waals surface area (Å²) in [7, 11) is 1.60. The minimum absolute atomic E-state index is 0.0636. The van der Waals surface area contributed by atoms with Gasteiger partial charge in [0.25, 0.3) is 5.91 Å². The second-order valence-electron chi connectivity index (χ2n) is 8.74. The number of aromatic nitrogens is 1. The molecule has 1 unspecified atom stereocenters. The van der Waals surface area contributed by atoms with Crippen LogP contribution in [0.4, 0.5) is 5.82 Å². The van der Waals surface area contributed by atoms with Gasteiger partial charge in [-0.3, -0.25) is 9.59 Å². The smallest absolute Gasteiger partial charge is 0.306 e. The van der Waals surface area contributed by atoms with Crippen LogP contribution in [0.1, 0.15) is 60.1 Å². The molecule has 0 spiro atoms. The summed E-state index contributed by atoms with van der Waals surface area (Å²) in [5.74, 6) is 0.185. The first-order chi connectivity index (χ1) is 16.3. The largest absolute Gasteiger partial charge is 0.496 e. The highest BCUT2D eigenvalue weighted by atomic mass is 35.5. The van der Waals surface area contributed by atoms with Crippen molar-refractivity contribution in [1.82, 2.24) is 10.3 Å². The number of carboxylic acid groups (broad SMARTS) is 1. The Morgan fingerprint density at radius 1 is 1.24 bits per heavy atom. The van der Waals surface area contributed by atoms with E-state index in [1.165, 1.54) is 6.20 Å². The first-order valence-corrected chi connectivity index (χ1v) is 11.9. The van der Waals surface area contributed by atoms with Crippen LogP contribution in [0.25, 0.3) is 0 Å². The molecule has 1 aliphatic rings. The van der Waals surface area contributed by atoms with E-state index in [0.717, 1.165) is 24.0 Å². The number of amides is 1. The number of rotatable bonds is 10. The first-order valence-electron chi connectivity index (χ1n) is 11.5. The van der Waals surface area contributed by atoms with Gasteiger partial charge in [0.15, 0.2) is 0 Å². The number of aliphatic hydroxyl groups excluding tert-OH is 1. The van der Waals surface area contributed by atoms with Gasteiger partial charge in [-0.05, 0) is 68.7 Å².